The van der Waals surface area contributed by atoms with E-state index in [1.54, 1.807) is 0 Å². The fourth-order valence-electron chi connectivity index (χ4n) is 3.87. The number of rotatable bonds is 8. The molecule has 0 radical (unpaired) electrons. The largest absolute Gasteiger partial charge is 0.491 e. The Morgan fingerprint density at radius 1 is 1.00 bits per heavy atom. The van der Waals surface area contributed by atoms with Crippen molar-refractivity contribution in [2.75, 3.05) is 13.2 Å². The second kappa shape index (κ2) is 9.69. The number of ether oxygens (including phenoxy) is 1. The van der Waals surface area contributed by atoms with Gasteiger partial charge in [0.05, 0.1) is 17.6 Å². The summed E-state index contributed by atoms with van der Waals surface area (Å²) < 4.78 is 8.28. The van der Waals surface area contributed by atoms with Crippen molar-refractivity contribution in [2.24, 2.45) is 0 Å². The van der Waals surface area contributed by atoms with Gasteiger partial charge in [-0.3, -0.25) is 4.79 Å². The normalized spacial score (nSPS) is 11.0. The Balaban J connectivity index is 1.44. The molecule has 1 N–H and O–H groups in total. The Morgan fingerprint density at radius 2 is 1.81 bits per heavy atom. The van der Waals surface area contributed by atoms with Gasteiger partial charge in [-0.25, -0.2) is 4.98 Å². The van der Waals surface area contributed by atoms with Crippen molar-refractivity contribution in [1.29, 1.82) is 0 Å². The molecule has 0 bridgehead atoms. The highest BCUT2D eigenvalue weighted by molar-refractivity contribution is 5.94. The molecule has 164 valence electrons. The monoisotopic (exact) mass is 427 g/mol. The zero-order valence-corrected chi connectivity index (χ0v) is 18.9. The number of hydrogen-bond acceptors (Lipinski definition) is 3. The molecule has 3 aromatic carbocycles. The summed E-state index contributed by atoms with van der Waals surface area (Å²) in [7, 11) is 0. The van der Waals surface area contributed by atoms with Crippen LogP contribution in [0.1, 0.15) is 32.9 Å². The molecule has 0 aliphatic heterocycles. The van der Waals surface area contributed by atoms with Crippen LogP contribution in [-0.2, 0) is 13.0 Å². The Bertz CT molecular complexity index is 1240. The van der Waals surface area contributed by atoms with Crippen LogP contribution in [0.15, 0.2) is 66.7 Å². The van der Waals surface area contributed by atoms with Crippen LogP contribution in [0.3, 0.4) is 0 Å². The molecule has 4 rings (SSSR count). The third kappa shape index (κ3) is 4.83. The number of carbonyl (C=O) groups is 1. The number of fused-ring (bicyclic) bond motifs is 1. The molecular formula is C27H29N3O2. The lowest BCUT2D eigenvalue weighted by molar-refractivity contribution is 0.0953. The predicted molar refractivity (Wildman–Crippen MR) is 128 cm³/mol. The molecule has 0 spiro atoms. The van der Waals surface area contributed by atoms with Gasteiger partial charge >= 0.3 is 0 Å². The van der Waals surface area contributed by atoms with Crippen molar-refractivity contribution in [3.63, 3.8) is 0 Å². The number of aromatic nitrogens is 2. The lowest BCUT2D eigenvalue weighted by Crippen LogP contribution is -2.26. The summed E-state index contributed by atoms with van der Waals surface area (Å²) in [5.74, 6) is 1.80. The first-order chi connectivity index (χ1) is 15.5. The second-order valence-corrected chi connectivity index (χ2v) is 8.09. The first-order valence-corrected chi connectivity index (χ1v) is 11.0. The minimum atomic E-state index is -0.0605. The van der Waals surface area contributed by atoms with E-state index in [2.05, 4.69) is 35.9 Å². The van der Waals surface area contributed by atoms with Gasteiger partial charge in [0.2, 0.25) is 0 Å². The SMILES string of the molecule is Cc1cccc(C(=O)NCCc2nc3ccccc3n2CCOc2cccc(C)c2C)c1. The molecule has 0 saturated heterocycles. The van der Waals surface area contributed by atoms with E-state index in [9.17, 15) is 4.79 Å². The Labute approximate surface area is 189 Å². The Morgan fingerprint density at radius 3 is 2.66 bits per heavy atom. The molecule has 32 heavy (non-hydrogen) atoms. The van der Waals surface area contributed by atoms with Crippen molar-refractivity contribution in [3.8, 4) is 5.75 Å². The number of amides is 1. The maximum Gasteiger partial charge on any atom is 0.251 e. The first-order valence-electron chi connectivity index (χ1n) is 11.0. The van der Waals surface area contributed by atoms with Gasteiger partial charge in [-0.1, -0.05) is 42.0 Å². The molecule has 1 heterocycles. The van der Waals surface area contributed by atoms with Gasteiger partial charge in [0, 0.05) is 18.5 Å². The van der Waals surface area contributed by atoms with E-state index in [4.69, 9.17) is 9.72 Å². The number of imidazole rings is 1. The van der Waals surface area contributed by atoms with Crippen LogP contribution in [-0.4, -0.2) is 28.6 Å². The van der Waals surface area contributed by atoms with E-state index >= 15 is 0 Å². The van der Waals surface area contributed by atoms with Gasteiger partial charge in [-0.15, -0.1) is 0 Å². The number of nitrogens with zero attached hydrogens (tertiary/aromatic N) is 2. The number of benzene rings is 3. The number of hydrogen-bond donors (Lipinski definition) is 1. The maximum atomic E-state index is 12.5. The fourth-order valence-corrected chi connectivity index (χ4v) is 3.87. The average molecular weight is 428 g/mol. The Kier molecular flexibility index (Phi) is 6.55. The summed E-state index contributed by atoms with van der Waals surface area (Å²) in [6.45, 7) is 7.92. The standard InChI is InChI=1S/C27H29N3O2/c1-19-8-6-10-22(18-19)27(31)28-15-14-26-29-23-11-4-5-12-24(23)30(26)16-17-32-25-13-7-9-20(2)21(25)3/h4-13,18H,14-17H2,1-3H3,(H,28,31). The van der Waals surface area contributed by atoms with Gasteiger partial charge < -0.3 is 14.6 Å². The highest BCUT2D eigenvalue weighted by Crippen LogP contribution is 2.21. The maximum absolute atomic E-state index is 12.5. The van der Waals surface area contributed by atoms with Crippen LogP contribution in [0.2, 0.25) is 0 Å². The van der Waals surface area contributed by atoms with E-state index < -0.39 is 0 Å². The summed E-state index contributed by atoms with van der Waals surface area (Å²) >= 11 is 0. The molecule has 0 fully saturated rings. The van der Waals surface area contributed by atoms with Crippen molar-refractivity contribution in [2.45, 2.75) is 33.7 Å². The molecule has 1 aromatic heterocycles. The third-order valence-electron chi connectivity index (χ3n) is 5.78. The molecule has 0 aliphatic carbocycles. The predicted octanol–water partition coefficient (Wildman–Crippen LogP) is 5.01. The topological polar surface area (TPSA) is 56.2 Å². The Hall–Kier alpha value is -3.60. The molecule has 0 saturated carbocycles. The highest BCUT2D eigenvalue weighted by atomic mass is 16.5. The zero-order valence-electron chi connectivity index (χ0n) is 18.9. The van der Waals surface area contributed by atoms with Gasteiger partial charge in [-0.05, 0) is 62.2 Å². The van der Waals surface area contributed by atoms with Crippen LogP contribution in [0.5, 0.6) is 5.75 Å². The lowest BCUT2D eigenvalue weighted by atomic mass is 10.1. The van der Waals surface area contributed by atoms with Crippen LogP contribution in [0.25, 0.3) is 11.0 Å². The molecule has 0 atom stereocenters. The lowest BCUT2D eigenvalue weighted by Gasteiger charge is -2.13. The van der Waals surface area contributed by atoms with Crippen molar-refractivity contribution < 1.29 is 9.53 Å². The van der Waals surface area contributed by atoms with Crippen molar-refractivity contribution in [3.05, 3.63) is 94.8 Å². The zero-order chi connectivity index (χ0) is 22.5. The van der Waals surface area contributed by atoms with Gasteiger partial charge in [0.1, 0.15) is 18.2 Å². The quantitative estimate of drug-likeness (QED) is 0.430. The highest BCUT2D eigenvalue weighted by Gasteiger charge is 2.12. The molecule has 1 amide bonds. The number of aryl methyl sites for hydroxylation is 2. The van der Waals surface area contributed by atoms with E-state index in [1.165, 1.54) is 11.1 Å². The van der Waals surface area contributed by atoms with E-state index in [0.717, 1.165) is 28.2 Å². The first kappa shape index (κ1) is 21.6. The van der Waals surface area contributed by atoms with Crippen LogP contribution >= 0.6 is 0 Å². The minimum Gasteiger partial charge on any atom is -0.491 e. The minimum absolute atomic E-state index is 0.0605. The third-order valence-corrected chi connectivity index (χ3v) is 5.78. The fraction of sp³-hybridized carbons (Fsp3) is 0.259. The van der Waals surface area contributed by atoms with Gasteiger partial charge in [0.25, 0.3) is 5.91 Å². The van der Waals surface area contributed by atoms with Crippen molar-refractivity contribution in [1.82, 2.24) is 14.9 Å². The van der Waals surface area contributed by atoms with E-state index in [0.29, 0.717) is 31.7 Å². The molecule has 0 unspecified atom stereocenters. The number of para-hydroxylation sites is 2. The van der Waals surface area contributed by atoms with Crippen LogP contribution in [0.4, 0.5) is 0 Å². The van der Waals surface area contributed by atoms with Gasteiger partial charge in [0.15, 0.2) is 0 Å². The molecule has 5 heteroatoms. The van der Waals surface area contributed by atoms with Crippen LogP contribution in [0, 0.1) is 20.8 Å². The molecule has 5 nitrogen and oxygen atoms in total. The molecular weight excluding hydrogens is 398 g/mol. The molecule has 4 aromatic rings. The number of carbonyl (C=O) groups excluding carboxylic acids is 1. The van der Waals surface area contributed by atoms with Crippen LogP contribution < -0.4 is 10.1 Å². The van der Waals surface area contributed by atoms with E-state index in [1.807, 2.05) is 61.5 Å². The summed E-state index contributed by atoms with van der Waals surface area (Å²) in [5.41, 5.74) is 6.18. The van der Waals surface area contributed by atoms with Gasteiger partial charge in [-0.2, -0.15) is 0 Å². The number of nitrogens with one attached hydrogen (secondary N) is 1. The second-order valence-electron chi connectivity index (χ2n) is 8.09. The smallest absolute Gasteiger partial charge is 0.251 e. The summed E-state index contributed by atoms with van der Waals surface area (Å²) in [6.07, 6.45) is 0.649. The van der Waals surface area contributed by atoms with Crippen molar-refractivity contribution >= 4 is 16.9 Å². The summed E-state index contributed by atoms with van der Waals surface area (Å²) in [5, 5.41) is 3.02. The molecule has 0 aliphatic rings. The van der Waals surface area contributed by atoms with E-state index in [-0.39, 0.29) is 5.91 Å². The summed E-state index contributed by atoms with van der Waals surface area (Å²) in [6, 6.07) is 21.9. The average Bonchev–Trinajstić information content (AvgIpc) is 3.14. The summed E-state index contributed by atoms with van der Waals surface area (Å²) in [4.78, 5) is 17.3.